The second kappa shape index (κ2) is 33.5. The molecule has 16 unspecified atom stereocenters. The van der Waals surface area contributed by atoms with Gasteiger partial charge in [-0.15, -0.1) is 0 Å². The highest BCUT2D eigenvalue weighted by molar-refractivity contribution is 5.93. The first-order valence-electron chi connectivity index (χ1n) is 28.5. The minimum absolute atomic E-state index is 0.00842. The van der Waals surface area contributed by atoms with E-state index in [9.17, 15) is 68.2 Å². The Morgan fingerprint density at radius 2 is 1.59 bits per heavy atom. The number of carbonyl (C=O) groups excluding carboxylic acids is 5. The third-order valence-electron chi connectivity index (χ3n) is 16.1. The predicted molar refractivity (Wildman–Crippen MR) is 300 cm³/mol. The number of ketones is 1. The molecular formula is C60H93F2N5O13. The van der Waals surface area contributed by atoms with Gasteiger partial charge in [0.05, 0.1) is 42.5 Å². The van der Waals surface area contributed by atoms with Gasteiger partial charge in [-0.3, -0.25) is 29.0 Å². The van der Waals surface area contributed by atoms with Crippen molar-refractivity contribution >= 4 is 35.4 Å². The summed E-state index contributed by atoms with van der Waals surface area (Å²) in [4.78, 5) is 77.8. The molecule has 11 N–H and O–H groups in total. The van der Waals surface area contributed by atoms with Gasteiger partial charge < -0.3 is 56.5 Å². The molecule has 2 saturated heterocycles. The number of Topliss-reactive ketones (excluding diaryl/α,β-unsaturated/α-hetero) is 1. The van der Waals surface area contributed by atoms with Gasteiger partial charge in [0.15, 0.2) is 17.4 Å². The molecule has 2 heterocycles. The zero-order valence-electron chi connectivity index (χ0n) is 48.5. The molecule has 2 fully saturated rings. The number of allylic oxidation sites excluding steroid dienone is 7. The number of benzene rings is 1. The van der Waals surface area contributed by atoms with Gasteiger partial charge in [0.2, 0.25) is 17.7 Å². The van der Waals surface area contributed by atoms with Crippen LogP contribution in [0.4, 0.5) is 8.78 Å². The van der Waals surface area contributed by atoms with Crippen LogP contribution in [0.1, 0.15) is 145 Å². The van der Waals surface area contributed by atoms with E-state index in [2.05, 4.69) is 22.1 Å². The van der Waals surface area contributed by atoms with Crippen LogP contribution in [-0.2, 0) is 39.9 Å². The summed E-state index contributed by atoms with van der Waals surface area (Å²) in [5, 5.41) is 70.8. The quantitative estimate of drug-likeness (QED) is 0.0356. The van der Waals surface area contributed by atoms with Crippen molar-refractivity contribution in [2.75, 3.05) is 6.54 Å². The highest BCUT2D eigenvalue weighted by atomic mass is 19.2. The van der Waals surface area contributed by atoms with Gasteiger partial charge in [-0.1, -0.05) is 103 Å². The maximum absolute atomic E-state index is 14.4. The van der Waals surface area contributed by atoms with Crippen molar-refractivity contribution in [3.63, 3.8) is 0 Å². The Kier molecular flexibility index (Phi) is 28.9. The van der Waals surface area contributed by atoms with E-state index in [1.54, 1.807) is 32.9 Å². The minimum Gasteiger partial charge on any atom is -0.505 e. The van der Waals surface area contributed by atoms with Crippen LogP contribution in [0.15, 0.2) is 60.2 Å². The number of hydrazine groups is 1. The Morgan fingerprint density at radius 1 is 0.912 bits per heavy atom. The molecule has 450 valence electrons. The number of nitrogens with zero attached hydrogens (tertiary/aromatic N) is 1. The molecule has 4 amide bonds. The lowest BCUT2D eigenvalue weighted by Crippen LogP contribution is -2.62. The number of rotatable bonds is 32. The van der Waals surface area contributed by atoms with Crippen LogP contribution in [0.3, 0.4) is 0 Å². The number of halogens is 2. The van der Waals surface area contributed by atoms with Crippen LogP contribution < -0.4 is 21.8 Å². The van der Waals surface area contributed by atoms with Crippen molar-refractivity contribution in [2.24, 2.45) is 53.1 Å². The second-order valence-electron chi connectivity index (χ2n) is 23.0. The molecule has 2 aliphatic heterocycles. The molecule has 0 aromatic heterocycles. The molecule has 0 aliphatic carbocycles. The molecule has 20 heteroatoms. The van der Waals surface area contributed by atoms with Crippen LogP contribution in [0.2, 0.25) is 0 Å². The number of aliphatic hydroxyl groups is 4. The van der Waals surface area contributed by atoms with Gasteiger partial charge in [0.25, 0.3) is 5.91 Å². The summed E-state index contributed by atoms with van der Waals surface area (Å²) >= 11 is 0. The Hall–Kier alpha value is -5.38. The van der Waals surface area contributed by atoms with Crippen molar-refractivity contribution in [1.29, 1.82) is 0 Å². The number of phenolic OH excluding ortho intramolecular Hbond substituents is 1. The highest BCUT2D eigenvalue weighted by Crippen LogP contribution is 2.38. The Bertz CT molecular complexity index is 2310. The van der Waals surface area contributed by atoms with Crippen molar-refractivity contribution in [2.45, 2.75) is 201 Å². The molecule has 18 nitrogen and oxygen atoms in total. The van der Waals surface area contributed by atoms with Crippen molar-refractivity contribution in [1.82, 2.24) is 21.1 Å². The summed E-state index contributed by atoms with van der Waals surface area (Å²) < 4.78 is 34.9. The smallest absolute Gasteiger partial charge is 0.322 e. The number of hydrogen-bond acceptors (Lipinski definition) is 13. The number of hydrogen-bond donors (Lipinski definition) is 10. The first kappa shape index (κ1) is 68.9. The molecular weight excluding hydrogens is 1040 g/mol. The summed E-state index contributed by atoms with van der Waals surface area (Å²) in [5.74, 6) is -11.7. The zero-order valence-corrected chi connectivity index (χ0v) is 48.5. The monoisotopic (exact) mass is 1130 g/mol. The number of aliphatic carboxylic acids is 1. The van der Waals surface area contributed by atoms with Crippen LogP contribution >= 0.6 is 0 Å². The number of aromatic hydroxyl groups is 1. The number of primary amides is 1. The molecule has 0 radical (unpaired) electrons. The van der Waals surface area contributed by atoms with Gasteiger partial charge >= 0.3 is 5.97 Å². The van der Waals surface area contributed by atoms with E-state index in [0.717, 1.165) is 42.0 Å². The molecule has 0 bridgehead atoms. The van der Waals surface area contributed by atoms with E-state index in [-0.39, 0.29) is 84.9 Å². The van der Waals surface area contributed by atoms with E-state index >= 15 is 0 Å². The molecule has 16 atom stereocenters. The lowest BCUT2D eigenvalue weighted by atomic mass is 9.75. The first-order chi connectivity index (χ1) is 37.6. The summed E-state index contributed by atoms with van der Waals surface area (Å²) in [6, 6.07) is -2.37. The molecule has 1 aromatic rings. The van der Waals surface area contributed by atoms with Crippen LogP contribution in [0, 0.1) is 59.0 Å². The SMILES string of the molecule is CCC(CC(C)C1OC(CC(O)C(C)CCC=CC=C(C)CCC=CC=CC(O)C(C)C(O)C(CCC(C)=O)C(=O)NC(C(=O)NC(Cc2cc(O)c(F)c(F)c2)C(=O)N2CCCC(C(=O)O)N2)C(C)C)C(C)C(O)C1C)C(N)=O. The molecule has 80 heavy (non-hydrogen) atoms. The van der Waals surface area contributed by atoms with E-state index in [0.29, 0.717) is 32.1 Å². The number of amides is 4. The maximum Gasteiger partial charge on any atom is 0.322 e. The highest BCUT2D eigenvalue weighted by Gasteiger charge is 2.44. The van der Waals surface area contributed by atoms with E-state index < -0.39 is 108 Å². The molecule has 1 aromatic carbocycles. The van der Waals surface area contributed by atoms with Gasteiger partial charge in [0.1, 0.15) is 23.9 Å². The fourth-order valence-corrected chi connectivity index (χ4v) is 10.5. The fraction of sp³-hybridized carbons (Fsp3) is 0.667. The van der Waals surface area contributed by atoms with Crippen LogP contribution in [0.25, 0.3) is 0 Å². The average molecular weight is 1130 g/mol. The third-order valence-corrected chi connectivity index (χ3v) is 16.1. The summed E-state index contributed by atoms with van der Waals surface area (Å²) in [7, 11) is 0. The lowest BCUT2D eigenvalue weighted by molar-refractivity contribution is -0.190. The van der Waals surface area contributed by atoms with Crippen LogP contribution in [-0.4, -0.2) is 132 Å². The number of nitrogens with two attached hydrogens (primary N) is 1. The zero-order chi connectivity index (χ0) is 60.1. The summed E-state index contributed by atoms with van der Waals surface area (Å²) in [6.07, 6.45) is 12.7. The Balaban J connectivity index is 1.57. The van der Waals surface area contributed by atoms with Crippen LogP contribution in [0.5, 0.6) is 5.75 Å². The number of aliphatic hydroxyl groups excluding tert-OH is 4. The predicted octanol–water partition coefficient (Wildman–Crippen LogP) is 6.26. The third kappa shape index (κ3) is 21.2. The summed E-state index contributed by atoms with van der Waals surface area (Å²) in [6.45, 7) is 18.1. The first-order valence-corrected chi connectivity index (χ1v) is 28.5. The van der Waals surface area contributed by atoms with Gasteiger partial charge in [-0.2, -0.15) is 4.39 Å². The molecule has 0 spiro atoms. The molecule has 2 aliphatic rings. The van der Waals surface area contributed by atoms with Crippen molar-refractivity contribution in [3.05, 3.63) is 77.4 Å². The van der Waals surface area contributed by atoms with Gasteiger partial charge in [-0.25, -0.2) is 9.82 Å². The van der Waals surface area contributed by atoms with Crippen molar-refractivity contribution in [3.8, 4) is 5.75 Å². The summed E-state index contributed by atoms with van der Waals surface area (Å²) in [5.41, 5.74) is 9.28. The lowest BCUT2D eigenvalue weighted by Gasteiger charge is -2.46. The molecule has 0 saturated carbocycles. The number of phenols is 1. The standard InChI is InChI=1S/C60H93F2N5O13/c1-11-42(56(63)74)28-36(6)55-40(10)53(72)39(9)50(80-55)32-48(70)35(5)22-17-14-16-21-34(4)20-15-12-13-18-24-47(69)38(8)54(73)43(26-25-37(7)68)57(75)65-52(33(2)3)58(76)64-46(30-41-29-44(61)51(62)49(71)31-41)59(77)67-27-19-23-45(66-67)60(78)79/h12-14,16,18,21,24,29,31,33,35-36,38-40,42-43,45-48,50,52-55,66,69-73H,11,15,17,19-20,22-23,25-28,30,32H2,1-10H3,(H2,63,74)(H,64,76)(H,65,75)(H,78,79). The minimum atomic E-state index is -1.53. The normalized spacial score (nSPS) is 24.0. The van der Waals surface area contributed by atoms with E-state index in [4.69, 9.17) is 10.5 Å². The van der Waals surface area contributed by atoms with Gasteiger partial charge in [-0.05, 0) is 107 Å². The second-order valence-corrected chi connectivity index (χ2v) is 23.0. The number of ether oxygens (including phenoxy) is 1. The Morgan fingerprint density at radius 3 is 2.20 bits per heavy atom. The Labute approximate surface area is 471 Å². The largest absolute Gasteiger partial charge is 0.505 e. The maximum atomic E-state index is 14.4. The number of carbonyl (C=O) groups is 6. The fourth-order valence-electron chi connectivity index (χ4n) is 10.5. The van der Waals surface area contributed by atoms with Gasteiger partial charge in [0, 0.05) is 49.5 Å². The topological polar surface area (TPSA) is 298 Å². The van der Waals surface area contributed by atoms with E-state index in [1.165, 1.54) is 13.0 Å². The number of nitrogens with one attached hydrogen (secondary N) is 3. The number of carboxylic acids is 1. The van der Waals surface area contributed by atoms with Crippen molar-refractivity contribution < 1.29 is 72.9 Å². The number of carboxylic acid groups (broad SMARTS) is 1. The van der Waals surface area contributed by atoms with E-state index in [1.807, 2.05) is 59.8 Å². The molecule has 3 rings (SSSR count). The average Bonchev–Trinajstić information content (AvgIpc) is 3.40.